The van der Waals surface area contributed by atoms with Crippen molar-refractivity contribution in [1.29, 1.82) is 0 Å². The third-order valence-corrected chi connectivity index (χ3v) is 2.25. The van der Waals surface area contributed by atoms with Gasteiger partial charge in [0.05, 0.1) is 0 Å². The van der Waals surface area contributed by atoms with Gasteiger partial charge in [-0.2, -0.15) is 0 Å². The van der Waals surface area contributed by atoms with E-state index in [0.717, 1.165) is 5.56 Å². The lowest BCUT2D eigenvalue weighted by atomic mass is 10.0. The summed E-state index contributed by atoms with van der Waals surface area (Å²) >= 11 is 5.91. The van der Waals surface area contributed by atoms with Crippen molar-refractivity contribution in [3.63, 3.8) is 0 Å². The molecule has 2 nitrogen and oxygen atoms in total. The van der Waals surface area contributed by atoms with Crippen molar-refractivity contribution in [3.05, 3.63) is 41.4 Å². The van der Waals surface area contributed by atoms with Gasteiger partial charge in [0.2, 0.25) is 0 Å². The van der Waals surface area contributed by atoms with Crippen LogP contribution >= 0.6 is 11.6 Å². The topological polar surface area (TPSA) is 26.3 Å². The fourth-order valence-electron chi connectivity index (χ4n) is 1.21. The van der Waals surface area contributed by atoms with Crippen molar-refractivity contribution >= 4 is 17.6 Å². The molecule has 15 heavy (non-hydrogen) atoms. The van der Waals surface area contributed by atoms with E-state index in [1.165, 1.54) is 6.92 Å². The van der Waals surface area contributed by atoms with Gasteiger partial charge in [-0.15, -0.1) is 6.58 Å². The van der Waals surface area contributed by atoms with Crippen molar-refractivity contribution in [3.8, 4) is 5.75 Å². The van der Waals surface area contributed by atoms with E-state index in [0.29, 0.717) is 10.8 Å². The first-order chi connectivity index (χ1) is 7.02. The molecule has 1 aromatic carbocycles. The molecule has 0 aliphatic heterocycles. The van der Waals surface area contributed by atoms with Gasteiger partial charge >= 0.3 is 5.97 Å². The number of benzene rings is 1. The lowest BCUT2D eigenvalue weighted by Gasteiger charge is -2.09. The predicted octanol–water partition coefficient (Wildman–Crippen LogP) is 3.55. The average Bonchev–Trinajstić information content (AvgIpc) is 2.14. The number of carbonyl (C=O) groups excluding carboxylic acids is 1. The second kappa shape index (κ2) is 4.99. The van der Waals surface area contributed by atoms with Gasteiger partial charge in [-0.25, -0.2) is 0 Å². The van der Waals surface area contributed by atoms with Gasteiger partial charge in [0.25, 0.3) is 0 Å². The van der Waals surface area contributed by atoms with Crippen LogP contribution in [0.4, 0.5) is 0 Å². The molecule has 3 heteroatoms. The van der Waals surface area contributed by atoms with Gasteiger partial charge in [0, 0.05) is 11.9 Å². The fraction of sp³-hybridized carbons (Fsp3) is 0.250. The molecule has 0 saturated heterocycles. The minimum atomic E-state index is -0.352. The van der Waals surface area contributed by atoms with E-state index in [4.69, 9.17) is 16.3 Å². The zero-order chi connectivity index (χ0) is 11.4. The molecule has 0 amide bonds. The van der Waals surface area contributed by atoms with Gasteiger partial charge in [0.15, 0.2) is 0 Å². The van der Waals surface area contributed by atoms with E-state index in [9.17, 15) is 4.79 Å². The molecule has 1 rings (SSSR count). The number of hydrogen-bond acceptors (Lipinski definition) is 2. The van der Waals surface area contributed by atoms with Crippen LogP contribution in [0.25, 0.3) is 0 Å². The highest BCUT2D eigenvalue weighted by atomic mass is 35.5. The highest BCUT2D eigenvalue weighted by Crippen LogP contribution is 2.26. The van der Waals surface area contributed by atoms with Crippen LogP contribution in [0.15, 0.2) is 30.9 Å². The smallest absolute Gasteiger partial charge is 0.308 e. The molecule has 1 unspecified atom stereocenters. The quantitative estimate of drug-likeness (QED) is 0.446. The van der Waals surface area contributed by atoms with Crippen molar-refractivity contribution in [2.45, 2.75) is 19.8 Å². The third-order valence-electron chi connectivity index (χ3n) is 2.03. The van der Waals surface area contributed by atoms with Gasteiger partial charge in [-0.3, -0.25) is 4.79 Å². The maximum absolute atomic E-state index is 10.8. The molecule has 0 aliphatic carbocycles. The summed E-state index contributed by atoms with van der Waals surface area (Å²) in [5.41, 5.74) is 0.980. The summed E-state index contributed by atoms with van der Waals surface area (Å²) in [6.07, 6.45) is 1.81. The Morgan fingerprint density at radius 3 is 2.73 bits per heavy atom. The third kappa shape index (κ3) is 3.40. The predicted molar refractivity (Wildman–Crippen MR) is 61.4 cm³/mol. The second-order valence-electron chi connectivity index (χ2n) is 3.34. The van der Waals surface area contributed by atoms with E-state index < -0.39 is 0 Å². The molecule has 0 fully saturated rings. The van der Waals surface area contributed by atoms with Crippen LogP contribution in [-0.2, 0) is 4.79 Å². The van der Waals surface area contributed by atoms with Crippen LogP contribution in [0.1, 0.15) is 25.3 Å². The van der Waals surface area contributed by atoms with Crippen LogP contribution < -0.4 is 4.74 Å². The summed E-state index contributed by atoms with van der Waals surface area (Å²) in [6.45, 7) is 7.06. The lowest BCUT2D eigenvalue weighted by molar-refractivity contribution is -0.131. The van der Waals surface area contributed by atoms with Gasteiger partial charge in [0.1, 0.15) is 5.75 Å². The molecule has 0 aliphatic rings. The summed E-state index contributed by atoms with van der Waals surface area (Å²) in [5.74, 6) is 0.297. The SMILES string of the molecule is C=CC(C)c1cc(Cl)cc(OC(C)=O)c1. The molecule has 0 heterocycles. The minimum Gasteiger partial charge on any atom is -0.427 e. The van der Waals surface area contributed by atoms with Crippen molar-refractivity contribution < 1.29 is 9.53 Å². The van der Waals surface area contributed by atoms with Crippen LogP contribution in [0, 0.1) is 0 Å². The number of esters is 1. The van der Waals surface area contributed by atoms with E-state index >= 15 is 0 Å². The summed E-state index contributed by atoms with van der Waals surface area (Å²) in [7, 11) is 0. The number of carbonyl (C=O) groups is 1. The molecule has 0 N–H and O–H groups in total. The van der Waals surface area contributed by atoms with Crippen LogP contribution in [0.5, 0.6) is 5.75 Å². The fourth-order valence-corrected chi connectivity index (χ4v) is 1.44. The number of hydrogen-bond donors (Lipinski definition) is 0. The summed E-state index contributed by atoms with van der Waals surface area (Å²) in [6, 6.07) is 5.24. The van der Waals surface area contributed by atoms with Crippen LogP contribution in [0.3, 0.4) is 0 Å². The zero-order valence-corrected chi connectivity index (χ0v) is 9.54. The Hall–Kier alpha value is -1.28. The van der Waals surface area contributed by atoms with Gasteiger partial charge in [-0.1, -0.05) is 24.6 Å². The maximum atomic E-state index is 10.8. The second-order valence-corrected chi connectivity index (χ2v) is 3.77. The van der Waals surface area contributed by atoms with Crippen molar-refractivity contribution in [2.24, 2.45) is 0 Å². The normalized spacial score (nSPS) is 11.9. The molecule has 1 aromatic rings. The highest BCUT2D eigenvalue weighted by Gasteiger charge is 2.06. The van der Waals surface area contributed by atoms with E-state index in [-0.39, 0.29) is 11.9 Å². The number of halogens is 1. The molecular weight excluding hydrogens is 212 g/mol. The largest absolute Gasteiger partial charge is 0.427 e. The molecule has 0 radical (unpaired) electrons. The number of allylic oxidation sites excluding steroid dienone is 1. The van der Waals surface area contributed by atoms with Gasteiger partial charge < -0.3 is 4.74 Å². The Labute approximate surface area is 94.5 Å². The molecule has 80 valence electrons. The standard InChI is InChI=1S/C12H13ClO2/c1-4-8(2)10-5-11(13)7-12(6-10)15-9(3)14/h4-8H,1H2,2-3H3. The monoisotopic (exact) mass is 224 g/mol. The van der Waals surface area contributed by atoms with Crippen molar-refractivity contribution in [2.75, 3.05) is 0 Å². The Balaban J connectivity index is 3.04. The Morgan fingerprint density at radius 1 is 1.53 bits per heavy atom. The van der Waals surface area contributed by atoms with E-state index in [1.54, 1.807) is 12.1 Å². The van der Waals surface area contributed by atoms with E-state index in [1.807, 2.05) is 19.1 Å². The lowest BCUT2D eigenvalue weighted by Crippen LogP contribution is -2.02. The Bertz CT molecular complexity index is 385. The first kappa shape index (κ1) is 11.8. The molecule has 0 spiro atoms. The zero-order valence-electron chi connectivity index (χ0n) is 8.79. The molecule has 0 bridgehead atoms. The highest BCUT2D eigenvalue weighted by molar-refractivity contribution is 6.30. The van der Waals surface area contributed by atoms with Crippen LogP contribution in [0.2, 0.25) is 5.02 Å². The summed E-state index contributed by atoms with van der Waals surface area (Å²) in [4.78, 5) is 10.8. The first-order valence-electron chi connectivity index (χ1n) is 4.64. The number of rotatable bonds is 3. The molecular formula is C12H13ClO2. The number of ether oxygens (including phenoxy) is 1. The van der Waals surface area contributed by atoms with E-state index in [2.05, 4.69) is 6.58 Å². The minimum absolute atomic E-state index is 0.179. The molecule has 1 atom stereocenters. The summed E-state index contributed by atoms with van der Waals surface area (Å²) in [5, 5.41) is 0.553. The summed E-state index contributed by atoms with van der Waals surface area (Å²) < 4.78 is 4.97. The Kier molecular flexibility index (Phi) is 3.92. The maximum Gasteiger partial charge on any atom is 0.308 e. The molecule has 0 aromatic heterocycles. The molecule has 0 saturated carbocycles. The first-order valence-corrected chi connectivity index (χ1v) is 5.02. The van der Waals surface area contributed by atoms with Gasteiger partial charge in [-0.05, 0) is 29.7 Å². The average molecular weight is 225 g/mol. The van der Waals surface area contributed by atoms with Crippen molar-refractivity contribution in [1.82, 2.24) is 0 Å². The Morgan fingerprint density at radius 2 is 2.20 bits per heavy atom. The van der Waals surface area contributed by atoms with Crippen LogP contribution in [-0.4, -0.2) is 5.97 Å².